The summed E-state index contributed by atoms with van der Waals surface area (Å²) in [7, 11) is 0. The Morgan fingerprint density at radius 1 is 1.06 bits per heavy atom. The number of nitrogens with one attached hydrogen (secondary N) is 1. The first-order valence-electron chi connectivity index (χ1n) is 11.7. The Hall–Kier alpha value is -3.03. The number of anilines is 2. The third-order valence-electron chi connectivity index (χ3n) is 7.18. The molecule has 1 saturated carbocycles. The maximum absolute atomic E-state index is 14.6. The lowest BCUT2D eigenvalue weighted by molar-refractivity contribution is -0.118. The second-order valence-corrected chi connectivity index (χ2v) is 9.30. The third-order valence-corrected chi connectivity index (χ3v) is 7.18. The van der Waals surface area contributed by atoms with Gasteiger partial charge in [-0.15, -0.1) is 0 Å². The number of carbonyl (C=O) groups excluding carboxylic acids is 1. The summed E-state index contributed by atoms with van der Waals surface area (Å²) < 4.78 is 20.0. The molecule has 33 heavy (non-hydrogen) atoms. The number of piperidine rings is 1. The summed E-state index contributed by atoms with van der Waals surface area (Å²) in [5.41, 5.74) is 3.17. The Bertz CT molecular complexity index is 1180. The number of pyridine rings is 1. The highest BCUT2D eigenvalue weighted by Gasteiger charge is 2.59. The van der Waals surface area contributed by atoms with E-state index in [2.05, 4.69) is 28.4 Å². The van der Waals surface area contributed by atoms with Gasteiger partial charge in [-0.1, -0.05) is 24.3 Å². The highest BCUT2D eigenvalue weighted by Crippen LogP contribution is 2.52. The normalized spacial score (nSPS) is 24.6. The summed E-state index contributed by atoms with van der Waals surface area (Å²) in [6.45, 7) is 5.19. The number of halogens is 1. The molecule has 1 aromatic heterocycles. The van der Waals surface area contributed by atoms with Crippen LogP contribution in [0.15, 0.2) is 54.6 Å². The number of hydrogen-bond donors (Lipinski definition) is 1. The molecular weight excluding hydrogens is 419 g/mol. The monoisotopic (exact) mass is 446 g/mol. The standard InChI is InChI=1S/C26H27FN4O2/c27-22-13-18(7-8-24(22)31-9-11-33-12-10-31)29-26(32)25-20-15-30(16-21(20)25)14-19-6-5-17-3-1-2-4-23(17)28-19/h1-8,13,20-21,25H,9-12,14-16H2,(H,29,32). The molecule has 3 aliphatic rings. The van der Waals surface area contributed by atoms with Crippen LogP contribution in [0.1, 0.15) is 5.69 Å². The average Bonchev–Trinajstić information content (AvgIpc) is 3.35. The number of carbonyl (C=O) groups is 1. The van der Waals surface area contributed by atoms with Crippen molar-refractivity contribution in [1.82, 2.24) is 9.88 Å². The molecule has 2 atom stereocenters. The Morgan fingerprint density at radius 3 is 2.64 bits per heavy atom. The van der Waals surface area contributed by atoms with Crippen molar-refractivity contribution < 1.29 is 13.9 Å². The predicted octanol–water partition coefficient (Wildman–Crippen LogP) is 3.53. The minimum absolute atomic E-state index is 0.00648. The summed E-state index contributed by atoms with van der Waals surface area (Å²) in [6, 6.07) is 17.3. The first kappa shape index (κ1) is 20.6. The Kier molecular flexibility index (Phi) is 5.23. The van der Waals surface area contributed by atoms with Crippen molar-refractivity contribution in [3.05, 3.63) is 66.1 Å². The van der Waals surface area contributed by atoms with Crippen LogP contribution in [0, 0.1) is 23.6 Å². The van der Waals surface area contributed by atoms with Crippen molar-refractivity contribution in [3.8, 4) is 0 Å². The van der Waals surface area contributed by atoms with E-state index >= 15 is 0 Å². The third kappa shape index (κ3) is 4.07. The molecule has 1 amide bonds. The summed E-state index contributed by atoms with van der Waals surface area (Å²) in [6.07, 6.45) is 0. The fourth-order valence-corrected chi connectivity index (χ4v) is 5.43. The number of fused-ring (bicyclic) bond motifs is 2. The van der Waals surface area contributed by atoms with Gasteiger partial charge in [-0.2, -0.15) is 0 Å². The average molecular weight is 447 g/mol. The van der Waals surface area contributed by atoms with E-state index < -0.39 is 0 Å². The summed E-state index contributed by atoms with van der Waals surface area (Å²) >= 11 is 0. The molecule has 3 aromatic rings. The highest BCUT2D eigenvalue weighted by molar-refractivity contribution is 5.95. The molecule has 1 aliphatic carbocycles. The summed E-state index contributed by atoms with van der Waals surface area (Å²) in [4.78, 5) is 21.9. The number of morpholine rings is 1. The van der Waals surface area contributed by atoms with Crippen LogP contribution in [-0.4, -0.2) is 55.2 Å². The van der Waals surface area contributed by atoms with Crippen LogP contribution in [0.3, 0.4) is 0 Å². The number of rotatable bonds is 5. The molecule has 0 radical (unpaired) electrons. The van der Waals surface area contributed by atoms with Gasteiger partial charge in [0.05, 0.1) is 30.1 Å². The number of amides is 1. The molecule has 6 nitrogen and oxygen atoms in total. The summed E-state index contributed by atoms with van der Waals surface area (Å²) in [5, 5.41) is 4.08. The van der Waals surface area contributed by atoms with Crippen molar-refractivity contribution in [3.63, 3.8) is 0 Å². The Labute approximate surface area is 192 Å². The molecule has 3 fully saturated rings. The molecule has 2 aromatic carbocycles. The van der Waals surface area contributed by atoms with E-state index in [1.807, 2.05) is 23.1 Å². The van der Waals surface area contributed by atoms with Gasteiger partial charge in [0, 0.05) is 49.7 Å². The zero-order valence-corrected chi connectivity index (χ0v) is 18.4. The van der Waals surface area contributed by atoms with Gasteiger partial charge in [0.2, 0.25) is 5.91 Å². The van der Waals surface area contributed by atoms with E-state index in [1.54, 1.807) is 12.1 Å². The number of benzene rings is 2. The minimum Gasteiger partial charge on any atom is -0.378 e. The lowest BCUT2D eigenvalue weighted by Crippen LogP contribution is -2.36. The van der Waals surface area contributed by atoms with E-state index in [0.717, 1.165) is 36.2 Å². The Morgan fingerprint density at radius 2 is 1.85 bits per heavy atom. The molecule has 7 heteroatoms. The molecule has 2 aliphatic heterocycles. The van der Waals surface area contributed by atoms with Crippen LogP contribution < -0.4 is 10.2 Å². The SMILES string of the molecule is O=C(Nc1ccc(N2CCOCC2)c(F)c1)C1C2CN(Cc3ccc4ccccc4n3)CC21. The van der Waals surface area contributed by atoms with Crippen molar-refractivity contribution in [1.29, 1.82) is 0 Å². The summed E-state index contributed by atoms with van der Waals surface area (Å²) in [5.74, 6) is 0.477. The van der Waals surface area contributed by atoms with Crippen molar-refractivity contribution in [2.24, 2.45) is 17.8 Å². The highest BCUT2D eigenvalue weighted by atomic mass is 19.1. The van der Waals surface area contributed by atoms with Crippen LogP contribution in [0.25, 0.3) is 10.9 Å². The fraction of sp³-hybridized carbons (Fsp3) is 0.385. The van der Waals surface area contributed by atoms with Crippen LogP contribution >= 0.6 is 0 Å². The number of hydrogen-bond acceptors (Lipinski definition) is 5. The van der Waals surface area contributed by atoms with Crippen LogP contribution in [-0.2, 0) is 16.1 Å². The molecule has 2 saturated heterocycles. The van der Waals surface area contributed by atoms with Crippen molar-refractivity contribution in [2.75, 3.05) is 49.6 Å². The quantitative estimate of drug-likeness (QED) is 0.650. The predicted molar refractivity (Wildman–Crippen MR) is 126 cm³/mol. The zero-order valence-electron chi connectivity index (χ0n) is 18.4. The Balaban J connectivity index is 1.04. The maximum atomic E-state index is 14.6. The number of para-hydroxylation sites is 1. The van der Waals surface area contributed by atoms with Gasteiger partial charge >= 0.3 is 0 Å². The lowest BCUT2D eigenvalue weighted by Gasteiger charge is -2.29. The van der Waals surface area contributed by atoms with E-state index in [9.17, 15) is 9.18 Å². The molecule has 170 valence electrons. The van der Waals surface area contributed by atoms with Gasteiger partial charge in [-0.05, 0) is 42.2 Å². The number of nitrogens with zero attached hydrogens (tertiary/aromatic N) is 3. The van der Waals surface area contributed by atoms with Gasteiger partial charge < -0.3 is 15.0 Å². The van der Waals surface area contributed by atoms with E-state index in [1.165, 1.54) is 6.07 Å². The second-order valence-electron chi connectivity index (χ2n) is 9.30. The van der Waals surface area contributed by atoms with Crippen LogP contribution in [0.4, 0.5) is 15.8 Å². The van der Waals surface area contributed by atoms with Crippen molar-refractivity contribution >= 4 is 28.2 Å². The fourth-order valence-electron chi connectivity index (χ4n) is 5.43. The zero-order chi connectivity index (χ0) is 22.4. The second kappa shape index (κ2) is 8.39. The maximum Gasteiger partial charge on any atom is 0.228 e. The molecule has 0 bridgehead atoms. The topological polar surface area (TPSA) is 57.7 Å². The number of aromatic nitrogens is 1. The number of ether oxygens (including phenoxy) is 1. The smallest absolute Gasteiger partial charge is 0.228 e. The largest absolute Gasteiger partial charge is 0.378 e. The van der Waals surface area contributed by atoms with Gasteiger partial charge in [0.25, 0.3) is 0 Å². The molecule has 2 unspecified atom stereocenters. The molecule has 1 N–H and O–H groups in total. The van der Waals surface area contributed by atoms with Gasteiger partial charge in [-0.25, -0.2) is 4.39 Å². The van der Waals surface area contributed by atoms with Gasteiger partial charge in [-0.3, -0.25) is 14.7 Å². The van der Waals surface area contributed by atoms with Crippen molar-refractivity contribution in [2.45, 2.75) is 6.54 Å². The first-order valence-corrected chi connectivity index (χ1v) is 11.7. The lowest BCUT2D eigenvalue weighted by atomic mass is 10.2. The van der Waals surface area contributed by atoms with E-state index in [4.69, 9.17) is 9.72 Å². The molecule has 6 rings (SSSR count). The van der Waals surface area contributed by atoms with E-state index in [-0.39, 0.29) is 17.6 Å². The minimum atomic E-state index is -0.306. The van der Waals surface area contributed by atoms with Crippen LogP contribution in [0.2, 0.25) is 0 Å². The molecular formula is C26H27FN4O2. The molecule has 0 spiro atoms. The number of likely N-dealkylation sites (tertiary alicyclic amines) is 1. The van der Waals surface area contributed by atoms with Gasteiger partial charge in [0.15, 0.2) is 0 Å². The molecule has 3 heterocycles. The van der Waals surface area contributed by atoms with E-state index in [0.29, 0.717) is 49.5 Å². The van der Waals surface area contributed by atoms with Crippen LogP contribution in [0.5, 0.6) is 0 Å². The first-order chi connectivity index (χ1) is 16.2. The van der Waals surface area contributed by atoms with Gasteiger partial charge in [0.1, 0.15) is 5.82 Å².